The average molecular weight is 485 g/mol. The number of ketones is 1. The van der Waals surface area contributed by atoms with Gasteiger partial charge in [-0.2, -0.15) is 13.2 Å². The number of amides is 1. The fraction of sp³-hybridized carbons (Fsp3) is 0.154. The summed E-state index contributed by atoms with van der Waals surface area (Å²) in [5.74, 6) is -3.38. The van der Waals surface area contributed by atoms with Crippen molar-refractivity contribution in [3.63, 3.8) is 0 Å². The quantitative estimate of drug-likeness (QED) is 0.220. The van der Waals surface area contributed by atoms with Crippen molar-refractivity contribution in [1.82, 2.24) is 0 Å². The number of halogens is 4. The summed E-state index contributed by atoms with van der Waals surface area (Å²) < 4.78 is 59.4. The van der Waals surface area contributed by atoms with Crippen LogP contribution in [0.15, 0.2) is 72.3 Å². The number of rotatable bonds is 4. The molecule has 5 nitrogen and oxygen atoms in total. The first-order valence-corrected chi connectivity index (χ1v) is 10.4. The summed E-state index contributed by atoms with van der Waals surface area (Å²) in [6.07, 6.45) is -4.61. The minimum atomic E-state index is -4.61. The third kappa shape index (κ3) is 4.25. The Morgan fingerprint density at radius 1 is 1.00 bits per heavy atom. The molecule has 0 bridgehead atoms. The lowest BCUT2D eigenvalue weighted by Gasteiger charge is -2.26. The van der Waals surface area contributed by atoms with Crippen LogP contribution < -0.4 is 9.64 Å². The number of anilines is 1. The fourth-order valence-electron chi connectivity index (χ4n) is 4.05. The van der Waals surface area contributed by atoms with Crippen LogP contribution in [-0.4, -0.2) is 23.9 Å². The predicted octanol–water partition coefficient (Wildman–Crippen LogP) is 5.79. The number of nitrogens with zero attached hydrogens (tertiary/aromatic N) is 1. The lowest BCUT2D eigenvalue weighted by molar-refractivity contribution is -0.137. The van der Waals surface area contributed by atoms with Crippen molar-refractivity contribution in [3.05, 3.63) is 100 Å². The Hall–Kier alpha value is -4.14. The summed E-state index contributed by atoms with van der Waals surface area (Å²) in [5, 5.41) is 11.2. The molecule has 180 valence electrons. The van der Waals surface area contributed by atoms with Crippen molar-refractivity contribution in [2.75, 3.05) is 12.0 Å². The lowest BCUT2D eigenvalue weighted by atomic mass is 9.94. The number of benzene rings is 3. The molecule has 1 saturated heterocycles. The second-order valence-electron chi connectivity index (χ2n) is 7.94. The molecule has 1 atom stereocenters. The number of methoxy groups -OCH3 is 1. The SMILES string of the molecule is COc1ccc(C)cc1/C(O)=C1\C(=O)C(=O)N(c2ccc(C(F)(F)F)cc2)C1c1ccccc1F. The number of carbonyl (C=O) groups is 2. The molecular formula is C26H19F4NO4. The molecule has 9 heteroatoms. The van der Waals surface area contributed by atoms with Gasteiger partial charge in [-0.1, -0.05) is 29.8 Å². The molecule has 1 aliphatic rings. The summed E-state index contributed by atoms with van der Waals surface area (Å²) in [6.45, 7) is 1.74. The molecule has 3 aromatic carbocycles. The number of aliphatic hydroxyl groups is 1. The number of ether oxygens (including phenoxy) is 1. The molecule has 1 heterocycles. The van der Waals surface area contributed by atoms with Crippen molar-refractivity contribution >= 4 is 23.1 Å². The molecule has 1 aliphatic heterocycles. The maximum absolute atomic E-state index is 14.9. The lowest BCUT2D eigenvalue weighted by Crippen LogP contribution is -2.30. The Kier molecular flexibility index (Phi) is 6.10. The summed E-state index contributed by atoms with van der Waals surface area (Å²) in [6, 6.07) is 12.3. The van der Waals surface area contributed by atoms with Crippen LogP contribution in [-0.2, 0) is 15.8 Å². The van der Waals surface area contributed by atoms with E-state index >= 15 is 0 Å². The van der Waals surface area contributed by atoms with Gasteiger partial charge in [0.15, 0.2) is 0 Å². The molecule has 1 amide bonds. The van der Waals surface area contributed by atoms with Crippen LogP contribution in [0.3, 0.4) is 0 Å². The zero-order valence-corrected chi connectivity index (χ0v) is 18.6. The van der Waals surface area contributed by atoms with Crippen LogP contribution in [0, 0.1) is 12.7 Å². The standard InChI is InChI=1S/C26H19F4NO4/c1-14-7-12-20(35-2)18(13-14)23(32)21-22(17-5-3-4-6-19(17)27)31(25(34)24(21)33)16-10-8-15(9-11-16)26(28,29)30/h3-13,22,32H,1-2H3/b23-21+. The third-order valence-electron chi connectivity index (χ3n) is 5.73. The van der Waals surface area contributed by atoms with E-state index in [1.165, 1.54) is 31.4 Å². The highest BCUT2D eigenvalue weighted by Crippen LogP contribution is 2.44. The number of Topliss-reactive ketones (excluding diaryl/α,β-unsaturated/α-hetero) is 1. The molecule has 0 aliphatic carbocycles. The van der Waals surface area contributed by atoms with Crippen molar-refractivity contribution in [2.24, 2.45) is 0 Å². The van der Waals surface area contributed by atoms with Gasteiger partial charge in [0.25, 0.3) is 11.7 Å². The van der Waals surface area contributed by atoms with Gasteiger partial charge in [0.2, 0.25) is 0 Å². The Balaban J connectivity index is 1.97. The smallest absolute Gasteiger partial charge is 0.416 e. The number of aliphatic hydroxyl groups excluding tert-OH is 1. The number of carbonyl (C=O) groups excluding carboxylic acids is 2. The minimum Gasteiger partial charge on any atom is -0.507 e. The zero-order valence-electron chi connectivity index (χ0n) is 18.6. The molecule has 1 unspecified atom stereocenters. The third-order valence-corrected chi connectivity index (χ3v) is 5.73. The molecule has 1 fully saturated rings. The summed E-state index contributed by atoms with van der Waals surface area (Å²) in [4.78, 5) is 27.1. The molecule has 0 saturated carbocycles. The average Bonchev–Trinajstić information content (AvgIpc) is 3.08. The number of alkyl halides is 3. The Morgan fingerprint density at radius 3 is 2.26 bits per heavy atom. The topological polar surface area (TPSA) is 66.8 Å². The molecule has 0 radical (unpaired) electrons. The van der Waals surface area contributed by atoms with Gasteiger partial charge in [0.05, 0.1) is 29.9 Å². The summed E-state index contributed by atoms with van der Waals surface area (Å²) in [7, 11) is 1.36. The van der Waals surface area contributed by atoms with Gasteiger partial charge in [-0.25, -0.2) is 4.39 Å². The van der Waals surface area contributed by atoms with E-state index < -0.39 is 46.6 Å². The first-order chi connectivity index (χ1) is 16.5. The van der Waals surface area contributed by atoms with E-state index in [2.05, 4.69) is 0 Å². The van der Waals surface area contributed by atoms with Crippen molar-refractivity contribution in [2.45, 2.75) is 19.1 Å². The second-order valence-corrected chi connectivity index (χ2v) is 7.94. The Labute approximate surface area is 197 Å². The maximum Gasteiger partial charge on any atom is 0.416 e. The van der Waals surface area contributed by atoms with E-state index in [9.17, 15) is 32.3 Å². The van der Waals surface area contributed by atoms with Crippen molar-refractivity contribution in [3.8, 4) is 5.75 Å². The maximum atomic E-state index is 14.9. The van der Waals surface area contributed by atoms with Crippen LogP contribution in [0.5, 0.6) is 5.75 Å². The van der Waals surface area contributed by atoms with Gasteiger partial charge >= 0.3 is 6.18 Å². The number of hydrogen-bond donors (Lipinski definition) is 1. The zero-order chi connectivity index (χ0) is 25.5. The summed E-state index contributed by atoms with van der Waals surface area (Å²) >= 11 is 0. The number of hydrogen-bond acceptors (Lipinski definition) is 4. The van der Waals surface area contributed by atoms with Crippen LogP contribution >= 0.6 is 0 Å². The van der Waals surface area contributed by atoms with Crippen molar-refractivity contribution in [1.29, 1.82) is 0 Å². The molecule has 4 rings (SSSR count). The van der Waals surface area contributed by atoms with E-state index in [1.807, 2.05) is 0 Å². The van der Waals surface area contributed by atoms with E-state index in [4.69, 9.17) is 4.74 Å². The monoisotopic (exact) mass is 485 g/mol. The highest BCUT2D eigenvalue weighted by atomic mass is 19.4. The molecule has 1 N–H and O–H groups in total. The number of aryl methyl sites for hydroxylation is 1. The molecule has 0 spiro atoms. The van der Waals surface area contributed by atoms with E-state index in [0.29, 0.717) is 5.56 Å². The van der Waals surface area contributed by atoms with Crippen LogP contribution in [0.25, 0.3) is 5.76 Å². The van der Waals surface area contributed by atoms with E-state index in [1.54, 1.807) is 19.1 Å². The molecular weight excluding hydrogens is 466 g/mol. The Morgan fingerprint density at radius 2 is 1.66 bits per heavy atom. The van der Waals surface area contributed by atoms with E-state index in [-0.39, 0.29) is 22.6 Å². The van der Waals surface area contributed by atoms with Gasteiger partial charge in [-0.05, 0) is 49.4 Å². The van der Waals surface area contributed by atoms with Gasteiger partial charge in [-0.3, -0.25) is 14.5 Å². The van der Waals surface area contributed by atoms with Gasteiger partial charge in [0.1, 0.15) is 17.3 Å². The molecule has 0 aromatic heterocycles. The van der Waals surface area contributed by atoms with Crippen LogP contribution in [0.1, 0.15) is 28.3 Å². The highest BCUT2D eigenvalue weighted by Gasteiger charge is 2.48. The molecule has 35 heavy (non-hydrogen) atoms. The predicted molar refractivity (Wildman–Crippen MR) is 120 cm³/mol. The van der Waals surface area contributed by atoms with Gasteiger partial charge in [-0.15, -0.1) is 0 Å². The van der Waals surface area contributed by atoms with Crippen LogP contribution in [0.2, 0.25) is 0 Å². The van der Waals surface area contributed by atoms with Gasteiger partial charge < -0.3 is 9.84 Å². The van der Waals surface area contributed by atoms with Gasteiger partial charge in [0, 0.05) is 11.3 Å². The largest absolute Gasteiger partial charge is 0.507 e. The van der Waals surface area contributed by atoms with E-state index in [0.717, 1.165) is 35.2 Å². The highest BCUT2D eigenvalue weighted by molar-refractivity contribution is 6.51. The first-order valence-electron chi connectivity index (χ1n) is 10.4. The first kappa shape index (κ1) is 24.0. The summed E-state index contributed by atoms with van der Waals surface area (Å²) in [5.41, 5.74) is -0.719. The normalized spacial score (nSPS) is 17.7. The fourth-order valence-corrected chi connectivity index (χ4v) is 4.05. The van der Waals surface area contributed by atoms with Crippen LogP contribution in [0.4, 0.5) is 23.2 Å². The Bertz CT molecular complexity index is 1350. The minimum absolute atomic E-state index is 0.0661. The second kappa shape index (κ2) is 8.90. The van der Waals surface area contributed by atoms with Crippen molar-refractivity contribution < 1.29 is 37.0 Å². The molecule has 3 aromatic rings.